The summed E-state index contributed by atoms with van der Waals surface area (Å²) in [4.78, 5) is 14.8. The zero-order chi connectivity index (χ0) is 20.1. The van der Waals surface area contributed by atoms with Gasteiger partial charge in [-0.15, -0.1) is 21.5 Å². The lowest BCUT2D eigenvalue weighted by Gasteiger charge is -2.31. The van der Waals surface area contributed by atoms with Crippen LogP contribution in [-0.2, 0) is 17.6 Å². The van der Waals surface area contributed by atoms with Gasteiger partial charge in [0.15, 0.2) is 0 Å². The molecule has 0 bridgehead atoms. The molecular formula is C23H25N3O2S. The summed E-state index contributed by atoms with van der Waals surface area (Å²) < 4.78 is 5.19. The second-order valence-electron chi connectivity index (χ2n) is 7.40. The second-order valence-corrected chi connectivity index (χ2v) is 8.49. The highest BCUT2D eigenvalue weighted by molar-refractivity contribution is 7.11. The van der Waals surface area contributed by atoms with E-state index >= 15 is 0 Å². The number of rotatable bonds is 6. The van der Waals surface area contributed by atoms with Crippen LogP contribution in [0, 0.1) is 0 Å². The first-order valence-corrected chi connectivity index (χ1v) is 10.8. The van der Waals surface area contributed by atoms with E-state index in [1.54, 1.807) is 18.4 Å². The maximum absolute atomic E-state index is 12.8. The van der Waals surface area contributed by atoms with Gasteiger partial charge in [-0.25, -0.2) is 0 Å². The molecule has 1 aliphatic heterocycles. The van der Waals surface area contributed by atoms with E-state index in [1.165, 1.54) is 5.56 Å². The molecule has 1 fully saturated rings. The molecule has 0 spiro atoms. The monoisotopic (exact) mass is 407 g/mol. The maximum atomic E-state index is 12.8. The molecule has 1 saturated heterocycles. The van der Waals surface area contributed by atoms with Crippen LogP contribution in [0.25, 0.3) is 0 Å². The number of piperidine rings is 1. The van der Waals surface area contributed by atoms with Crippen molar-refractivity contribution in [2.45, 2.75) is 31.6 Å². The largest absolute Gasteiger partial charge is 0.497 e. The number of nitrogens with zero attached hydrogens (tertiary/aromatic N) is 3. The number of likely N-dealkylation sites (tertiary alicyclic amines) is 1. The molecule has 29 heavy (non-hydrogen) atoms. The summed E-state index contributed by atoms with van der Waals surface area (Å²) in [6, 6.07) is 18.1. The molecule has 1 amide bonds. The summed E-state index contributed by atoms with van der Waals surface area (Å²) >= 11 is 1.68. The van der Waals surface area contributed by atoms with Crippen molar-refractivity contribution in [2.75, 3.05) is 20.2 Å². The first-order chi connectivity index (χ1) is 14.2. The molecule has 2 heterocycles. The van der Waals surface area contributed by atoms with Gasteiger partial charge in [-0.2, -0.15) is 0 Å². The minimum atomic E-state index is 0.175. The smallest absolute Gasteiger partial charge is 0.227 e. The highest BCUT2D eigenvalue weighted by Crippen LogP contribution is 2.30. The van der Waals surface area contributed by atoms with E-state index in [2.05, 4.69) is 22.3 Å². The number of carbonyl (C=O) groups excluding carboxylic acids is 1. The van der Waals surface area contributed by atoms with Crippen LogP contribution in [-0.4, -0.2) is 41.2 Å². The number of aromatic nitrogens is 2. The second kappa shape index (κ2) is 9.18. The van der Waals surface area contributed by atoms with Gasteiger partial charge in [0.1, 0.15) is 15.8 Å². The molecule has 1 unspecified atom stereocenters. The topological polar surface area (TPSA) is 55.3 Å². The molecular weight excluding hydrogens is 382 g/mol. The SMILES string of the molecule is COc1ccc(CC(=O)N2CCCC(c3nnc(Cc4ccccc4)s3)C2)cc1. The third kappa shape index (κ3) is 5.01. The molecule has 1 aromatic heterocycles. The lowest BCUT2D eigenvalue weighted by Crippen LogP contribution is -2.39. The summed E-state index contributed by atoms with van der Waals surface area (Å²) in [7, 11) is 1.65. The number of carbonyl (C=O) groups is 1. The lowest BCUT2D eigenvalue weighted by atomic mass is 9.98. The van der Waals surface area contributed by atoms with Gasteiger partial charge < -0.3 is 9.64 Å². The summed E-state index contributed by atoms with van der Waals surface area (Å²) in [5.74, 6) is 1.27. The zero-order valence-corrected chi connectivity index (χ0v) is 17.4. The Bertz CT molecular complexity index is 940. The van der Waals surface area contributed by atoms with Gasteiger partial charge >= 0.3 is 0 Å². The molecule has 1 atom stereocenters. The lowest BCUT2D eigenvalue weighted by molar-refractivity contribution is -0.131. The average molecular weight is 408 g/mol. The highest BCUT2D eigenvalue weighted by atomic mass is 32.1. The third-order valence-corrected chi connectivity index (χ3v) is 6.40. The van der Waals surface area contributed by atoms with Crippen molar-refractivity contribution in [1.29, 1.82) is 0 Å². The van der Waals surface area contributed by atoms with Crippen molar-refractivity contribution in [3.8, 4) is 5.75 Å². The van der Waals surface area contributed by atoms with Crippen LogP contribution in [0.1, 0.15) is 39.9 Å². The van der Waals surface area contributed by atoms with E-state index in [9.17, 15) is 4.79 Å². The quantitative estimate of drug-likeness (QED) is 0.618. The molecule has 4 rings (SSSR count). The van der Waals surface area contributed by atoms with E-state index in [-0.39, 0.29) is 11.8 Å². The van der Waals surface area contributed by atoms with Gasteiger partial charge in [0.05, 0.1) is 13.5 Å². The van der Waals surface area contributed by atoms with Gasteiger partial charge in [-0.1, -0.05) is 42.5 Å². The molecule has 1 aliphatic rings. The van der Waals surface area contributed by atoms with Gasteiger partial charge in [0.2, 0.25) is 5.91 Å². The Balaban J connectivity index is 1.37. The highest BCUT2D eigenvalue weighted by Gasteiger charge is 2.27. The van der Waals surface area contributed by atoms with Crippen molar-refractivity contribution >= 4 is 17.2 Å². The van der Waals surface area contributed by atoms with Gasteiger partial charge in [-0.3, -0.25) is 4.79 Å². The van der Waals surface area contributed by atoms with E-state index < -0.39 is 0 Å². The Morgan fingerprint density at radius 1 is 1.10 bits per heavy atom. The van der Waals surface area contributed by atoms with E-state index in [4.69, 9.17) is 4.74 Å². The molecule has 5 nitrogen and oxygen atoms in total. The molecule has 150 valence electrons. The minimum absolute atomic E-state index is 0.175. The fourth-order valence-corrected chi connectivity index (χ4v) is 4.71. The molecule has 2 aromatic carbocycles. The van der Waals surface area contributed by atoms with Crippen molar-refractivity contribution in [3.05, 3.63) is 75.7 Å². The molecule has 3 aromatic rings. The summed E-state index contributed by atoms with van der Waals surface area (Å²) in [5, 5.41) is 10.9. The van der Waals surface area contributed by atoms with Gasteiger partial charge in [-0.05, 0) is 36.1 Å². The standard InChI is InChI=1S/C23H25N3O2S/c1-28-20-11-9-18(10-12-20)15-22(27)26-13-5-8-19(16-26)23-25-24-21(29-23)14-17-6-3-2-4-7-17/h2-4,6-7,9-12,19H,5,8,13-16H2,1H3. The van der Waals surface area contributed by atoms with Crippen molar-refractivity contribution in [1.82, 2.24) is 15.1 Å². The molecule has 0 aliphatic carbocycles. The molecule has 6 heteroatoms. The summed E-state index contributed by atoms with van der Waals surface area (Å²) in [6.07, 6.45) is 3.30. The van der Waals surface area contributed by atoms with Crippen LogP contribution < -0.4 is 4.74 Å². The average Bonchev–Trinajstić information content (AvgIpc) is 3.23. The molecule has 0 saturated carbocycles. The molecule has 0 radical (unpaired) electrons. The van der Waals surface area contributed by atoms with Crippen LogP contribution in [0.2, 0.25) is 0 Å². The van der Waals surface area contributed by atoms with Crippen LogP contribution >= 0.6 is 11.3 Å². The summed E-state index contributed by atoms with van der Waals surface area (Å²) in [6.45, 7) is 1.55. The van der Waals surface area contributed by atoms with Crippen LogP contribution in [0.4, 0.5) is 0 Å². The Labute approximate surface area is 175 Å². The third-order valence-electron chi connectivity index (χ3n) is 5.32. The predicted molar refractivity (Wildman–Crippen MR) is 114 cm³/mol. The van der Waals surface area contributed by atoms with E-state index in [0.29, 0.717) is 6.42 Å². The summed E-state index contributed by atoms with van der Waals surface area (Å²) in [5.41, 5.74) is 2.26. The number of amides is 1. The van der Waals surface area contributed by atoms with Gasteiger partial charge in [0, 0.05) is 25.4 Å². The first-order valence-electron chi connectivity index (χ1n) is 9.98. The predicted octanol–water partition coefficient (Wildman–Crippen LogP) is 4.09. The number of hydrogen-bond acceptors (Lipinski definition) is 5. The Kier molecular flexibility index (Phi) is 6.20. The Morgan fingerprint density at radius 3 is 2.66 bits per heavy atom. The van der Waals surface area contributed by atoms with Crippen molar-refractivity contribution < 1.29 is 9.53 Å². The molecule has 0 N–H and O–H groups in total. The first kappa shape index (κ1) is 19.6. The van der Waals surface area contributed by atoms with Crippen LogP contribution in [0.3, 0.4) is 0 Å². The fourth-order valence-electron chi connectivity index (χ4n) is 3.71. The fraction of sp³-hybridized carbons (Fsp3) is 0.348. The van der Waals surface area contributed by atoms with E-state index in [0.717, 1.165) is 53.7 Å². The number of ether oxygens (including phenoxy) is 1. The number of benzene rings is 2. The van der Waals surface area contributed by atoms with Crippen LogP contribution in [0.15, 0.2) is 54.6 Å². The minimum Gasteiger partial charge on any atom is -0.497 e. The maximum Gasteiger partial charge on any atom is 0.227 e. The zero-order valence-electron chi connectivity index (χ0n) is 16.6. The van der Waals surface area contributed by atoms with E-state index in [1.807, 2.05) is 47.4 Å². The van der Waals surface area contributed by atoms with Crippen molar-refractivity contribution in [2.24, 2.45) is 0 Å². The van der Waals surface area contributed by atoms with Crippen molar-refractivity contribution in [3.63, 3.8) is 0 Å². The Hall–Kier alpha value is -2.73. The number of hydrogen-bond donors (Lipinski definition) is 0. The Morgan fingerprint density at radius 2 is 1.90 bits per heavy atom. The van der Waals surface area contributed by atoms with Gasteiger partial charge in [0.25, 0.3) is 0 Å². The normalized spacial score (nSPS) is 16.6. The number of methoxy groups -OCH3 is 1. The van der Waals surface area contributed by atoms with Crippen LogP contribution in [0.5, 0.6) is 5.75 Å².